The molecule has 0 atom stereocenters. The van der Waals surface area contributed by atoms with Gasteiger partial charge in [-0.2, -0.15) is 0 Å². The van der Waals surface area contributed by atoms with Gasteiger partial charge in [0, 0.05) is 44.5 Å². The van der Waals surface area contributed by atoms with Crippen LogP contribution in [-0.4, -0.2) is 41.3 Å². The van der Waals surface area contributed by atoms with Gasteiger partial charge in [-0.05, 0) is 25.7 Å². The van der Waals surface area contributed by atoms with E-state index in [9.17, 15) is 14.4 Å². The van der Waals surface area contributed by atoms with E-state index in [0.29, 0.717) is 25.6 Å². The summed E-state index contributed by atoms with van der Waals surface area (Å²) in [4.78, 5) is 39.7. The third-order valence-corrected chi connectivity index (χ3v) is 3.83. The highest BCUT2D eigenvalue weighted by molar-refractivity contribution is 5.93. The van der Waals surface area contributed by atoms with Crippen molar-refractivity contribution in [1.29, 1.82) is 0 Å². The summed E-state index contributed by atoms with van der Waals surface area (Å²) in [5, 5.41) is 2.81. The highest BCUT2D eigenvalue weighted by Crippen LogP contribution is 2.17. The zero-order valence-corrected chi connectivity index (χ0v) is 12.4. The van der Waals surface area contributed by atoms with E-state index in [-0.39, 0.29) is 22.8 Å². The van der Waals surface area contributed by atoms with E-state index in [2.05, 4.69) is 10.3 Å². The van der Waals surface area contributed by atoms with Crippen molar-refractivity contribution in [2.45, 2.75) is 26.7 Å². The third-order valence-electron chi connectivity index (χ3n) is 3.83. The predicted molar refractivity (Wildman–Crippen MR) is 79.1 cm³/mol. The lowest BCUT2D eigenvalue weighted by Gasteiger charge is -2.31. The third kappa shape index (κ3) is 3.93. The second-order valence-corrected chi connectivity index (χ2v) is 5.57. The van der Waals surface area contributed by atoms with Crippen LogP contribution in [0.3, 0.4) is 0 Å². The van der Waals surface area contributed by atoms with Gasteiger partial charge in [0.2, 0.25) is 5.91 Å². The molecular weight excluding hydrogens is 270 g/mol. The summed E-state index contributed by atoms with van der Waals surface area (Å²) in [5.74, 6) is 0.156. The lowest BCUT2D eigenvalue weighted by atomic mass is 9.96. The molecule has 1 fully saturated rings. The second kappa shape index (κ2) is 6.56. The molecule has 2 rings (SSSR count). The van der Waals surface area contributed by atoms with Crippen molar-refractivity contribution in [3.63, 3.8) is 0 Å². The Balaban J connectivity index is 1.94. The summed E-state index contributed by atoms with van der Waals surface area (Å²) < 4.78 is 0. The fourth-order valence-electron chi connectivity index (χ4n) is 2.54. The summed E-state index contributed by atoms with van der Waals surface area (Å²) in [6.07, 6.45) is 3.18. The van der Waals surface area contributed by atoms with Crippen LogP contribution in [0, 0.1) is 12.8 Å². The van der Waals surface area contributed by atoms with Crippen molar-refractivity contribution in [3.8, 4) is 0 Å². The number of rotatable bonds is 3. The highest BCUT2D eigenvalue weighted by Gasteiger charge is 2.25. The van der Waals surface area contributed by atoms with Gasteiger partial charge in [-0.25, -0.2) is 0 Å². The van der Waals surface area contributed by atoms with Crippen LogP contribution in [0.2, 0.25) is 0 Å². The van der Waals surface area contributed by atoms with Gasteiger partial charge in [0.25, 0.3) is 5.91 Å². The predicted octanol–water partition coefficient (Wildman–Crippen LogP) is 0.672. The average Bonchev–Trinajstić information content (AvgIpc) is 2.45. The van der Waals surface area contributed by atoms with E-state index < -0.39 is 0 Å². The number of nitrogens with zero attached hydrogens (tertiary/aromatic N) is 1. The Bertz CT molecular complexity index is 586. The zero-order valence-electron chi connectivity index (χ0n) is 12.4. The van der Waals surface area contributed by atoms with Gasteiger partial charge in [0.05, 0.1) is 0 Å². The van der Waals surface area contributed by atoms with Crippen molar-refractivity contribution in [1.82, 2.24) is 15.2 Å². The average molecular weight is 291 g/mol. The van der Waals surface area contributed by atoms with E-state index in [0.717, 1.165) is 18.5 Å². The van der Waals surface area contributed by atoms with Gasteiger partial charge in [-0.15, -0.1) is 0 Å². The number of nitrogens with one attached hydrogen (secondary N) is 2. The summed E-state index contributed by atoms with van der Waals surface area (Å²) in [5.41, 5.74) is 0.697. The molecule has 6 heteroatoms. The monoisotopic (exact) mass is 291 g/mol. The van der Waals surface area contributed by atoms with Crippen molar-refractivity contribution in [3.05, 3.63) is 33.7 Å². The molecule has 2 amide bonds. The lowest BCUT2D eigenvalue weighted by molar-refractivity contribution is -0.119. The standard InChI is InChI=1S/C15H21N3O3/c1-10-7-14(20)13(9-16-10)15(21)18-5-3-12(4-6-18)8-17-11(2)19/h7,9,12H,3-6,8H2,1-2H3,(H,16,20)(H,17,19). The minimum atomic E-state index is -0.239. The summed E-state index contributed by atoms with van der Waals surface area (Å²) in [7, 11) is 0. The summed E-state index contributed by atoms with van der Waals surface area (Å²) in [6, 6.07) is 1.44. The zero-order chi connectivity index (χ0) is 15.4. The van der Waals surface area contributed by atoms with Crippen LogP contribution >= 0.6 is 0 Å². The number of carbonyl (C=O) groups is 2. The molecule has 1 saturated heterocycles. The molecule has 0 saturated carbocycles. The van der Waals surface area contributed by atoms with Crippen molar-refractivity contribution in [2.24, 2.45) is 5.92 Å². The van der Waals surface area contributed by atoms with E-state index in [1.165, 1.54) is 19.2 Å². The van der Waals surface area contributed by atoms with Crippen LogP contribution in [0.15, 0.2) is 17.1 Å². The number of pyridine rings is 1. The van der Waals surface area contributed by atoms with E-state index >= 15 is 0 Å². The fourth-order valence-corrected chi connectivity index (χ4v) is 2.54. The van der Waals surface area contributed by atoms with Gasteiger partial charge in [0.15, 0.2) is 5.43 Å². The molecule has 1 aromatic heterocycles. The van der Waals surface area contributed by atoms with Crippen LogP contribution in [0.25, 0.3) is 0 Å². The van der Waals surface area contributed by atoms with Crippen LogP contribution < -0.4 is 10.7 Å². The van der Waals surface area contributed by atoms with Gasteiger partial charge in [-0.1, -0.05) is 0 Å². The SMILES string of the molecule is CC(=O)NCC1CCN(C(=O)c2c[nH]c(C)cc2=O)CC1. The first-order valence-electron chi connectivity index (χ1n) is 7.20. The maximum atomic E-state index is 12.3. The molecule has 1 aromatic rings. The van der Waals surface area contributed by atoms with Gasteiger partial charge >= 0.3 is 0 Å². The largest absolute Gasteiger partial charge is 0.364 e. The van der Waals surface area contributed by atoms with E-state index in [1.54, 1.807) is 11.8 Å². The Hall–Kier alpha value is -2.11. The number of amides is 2. The fraction of sp³-hybridized carbons (Fsp3) is 0.533. The van der Waals surface area contributed by atoms with Crippen molar-refractivity contribution in [2.75, 3.05) is 19.6 Å². The minimum Gasteiger partial charge on any atom is -0.364 e. The van der Waals surface area contributed by atoms with Gasteiger partial charge < -0.3 is 15.2 Å². The van der Waals surface area contributed by atoms with E-state index in [1.807, 2.05) is 0 Å². The van der Waals surface area contributed by atoms with Gasteiger partial charge in [0.1, 0.15) is 5.56 Å². The molecule has 1 aliphatic heterocycles. The number of likely N-dealkylation sites (tertiary alicyclic amines) is 1. The maximum absolute atomic E-state index is 12.3. The summed E-state index contributed by atoms with van der Waals surface area (Å²) in [6.45, 7) is 5.18. The molecule has 21 heavy (non-hydrogen) atoms. The molecule has 0 unspecified atom stereocenters. The second-order valence-electron chi connectivity index (χ2n) is 5.57. The topological polar surface area (TPSA) is 82.3 Å². The first-order chi connectivity index (χ1) is 9.97. The molecule has 0 aliphatic carbocycles. The van der Waals surface area contributed by atoms with Crippen LogP contribution in [0.4, 0.5) is 0 Å². The van der Waals surface area contributed by atoms with Crippen LogP contribution in [-0.2, 0) is 4.79 Å². The molecule has 6 nitrogen and oxygen atoms in total. The quantitative estimate of drug-likeness (QED) is 0.859. The van der Waals surface area contributed by atoms with Crippen LogP contribution in [0.1, 0.15) is 35.8 Å². The molecule has 0 spiro atoms. The lowest BCUT2D eigenvalue weighted by Crippen LogP contribution is -2.42. The Labute approximate surface area is 123 Å². The Morgan fingerprint density at radius 1 is 1.38 bits per heavy atom. The number of piperidine rings is 1. The number of aromatic amines is 1. The number of hydrogen-bond acceptors (Lipinski definition) is 3. The molecule has 2 N–H and O–H groups in total. The highest BCUT2D eigenvalue weighted by atomic mass is 16.2. The first kappa shape index (κ1) is 15.3. The molecule has 2 heterocycles. The first-order valence-corrected chi connectivity index (χ1v) is 7.20. The Morgan fingerprint density at radius 3 is 2.62 bits per heavy atom. The Kier molecular flexibility index (Phi) is 4.77. The van der Waals surface area contributed by atoms with Gasteiger partial charge in [-0.3, -0.25) is 14.4 Å². The maximum Gasteiger partial charge on any atom is 0.259 e. The number of carbonyl (C=O) groups excluding carboxylic acids is 2. The smallest absolute Gasteiger partial charge is 0.259 e. The molecule has 0 radical (unpaired) electrons. The van der Waals surface area contributed by atoms with E-state index in [4.69, 9.17) is 0 Å². The number of hydrogen-bond donors (Lipinski definition) is 2. The number of aryl methyl sites for hydroxylation is 1. The normalized spacial score (nSPS) is 15.8. The van der Waals surface area contributed by atoms with Crippen molar-refractivity contribution >= 4 is 11.8 Å². The molecular formula is C15H21N3O3. The molecule has 1 aliphatic rings. The summed E-state index contributed by atoms with van der Waals surface area (Å²) >= 11 is 0. The minimum absolute atomic E-state index is 0.0281. The molecule has 114 valence electrons. The Morgan fingerprint density at radius 2 is 2.05 bits per heavy atom. The van der Waals surface area contributed by atoms with Crippen LogP contribution in [0.5, 0.6) is 0 Å². The molecule has 0 bridgehead atoms. The molecule has 0 aromatic carbocycles. The van der Waals surface area contributed by atoms with Crippen molar-refractivity contribution < 1.29 is 9.59 Å². The number of aromatic nitrogens is 1. The number of H-pyrrole nitrogens is 1.